The second kappa shape index (κ2) is 10.0. The van der Waals surface area contributed by atoms with Gasteiger partial charge in [0.1, 0.15) is 6.10 Å². The Morgan fingerprint density at radius 3 is 2.38 bits per heavy atom. The summed E-state index contributed by atoms with van der Waals surface area (Å²) < 4.78 is 44.4. The number of carbonyl (C=O) groups excluding carboxylic acids is 1. The summed E-state index contributed by atoms with van der Waals surface area (Å²) in [4.78, 5) is 31.1. The molecule has 3 saturated carbocycles. The van der Waals surface area contributed by atoms with E-state index in [2.05, 4.69) is 23.9 Å². The highest BCUT2D eigenvalue weighted by Crippen LogP contribution is 2.67. The standard InChI is InChI=1S/C28H34ClF3N4O4/c1-26(2)18-11-16(12-19(18)26)35(14-21(37)22-20(29)5-4-10-33-22)24(38)17-13-34-36(23(17)28(30,31)32)15-6-8-27(3,9-7-15)25(39)40/h4-5,10,13,15-16,18-19,21,37H,6-9,11-12,14H2,1-3H3,(H,39,40)/t15?,16?,18-,19+,21-,27?/m1/s1. The van der Waals surface area contributed by atoms with E-state index >= 15 is 0 Å². The van der Waals surface area contributed by atoms with E-state index in [0.29, 0.717) is 24.7 Å². The average molecular weight is 583 g/mol. The van der Waals surface area contributed by atoms with Crippen LogP contribution in [0.25, 0.3) is 0 Å². The van der Waals surface area contributed by atoms with E-state index in [1.54, 1.807) is 19.1 Å². The molecule has 0 aliphatic heterocycles. The lowest BCUT2D eigenvalue weighted by Gasteiger charge is -2.35. The molecular weight excluding hydrogens is 549 g/mol. The van der Waals surface area contributed by atoms with Gasteiger partial charge in [0.05, 0.1) is 40.5 Å². The molecule has 1 amide bonds. The Morgan fingerprint density at radius 1 is 1.20 bits per heavy atom. The van der Waals surface area contributed by atoms with Crippen molar-refractivity contribution in [2.45, 2.75) is 83.7 Å². The summed E-state index contributed by atoms with van der Waals surface area (Å²) in [5.74, 6) is -1.10. The number of carbonyl (C=O) groups is 2. The quantitative estimate of drug-likeness (QED) is 0.429. The summed E-state index contributed by atoms with van der Waals surface area (Å²) >= 11 is 6.22. The third kappa shape index (κ3) is 5.00. The molecule has 4 atom stereocenters. The van der Waals surface area contributed by atoms with Crippen molar-refractivity contribution in [3.8, 4) is 0 Å². The first-order chi connectivity index (χ1) is 18.6. The summed E-state index contributed by atoms with van der Waals surface area (Å²) in [7, 11) is 0. The van der Waals surface area contributed by atoms with E-state index in [1.165, 1.54) is 11.1 Å². The molecule has 0 saturated heterocycles. The zero-order valence-corrected chi connectivity index (χ0v) is 23.4. The van der Waals surface area contributed by atoms with Gasteiger partial charge in [0.2, 0.25) is 0 Å². The van der Waals surface area contributed by atoms with Gasteiger partial charge in [-0.2, -0.15) is 18.3 Å². The number of aliphatic hydroxyl groups excluding tert-OH is 1. The Balaban J connectivity index is 1.46. The van der Waals surface area contributed by atoms with Crippen LogP contribution in [0, 0.1) is 22.7 Å². The predicted octanol–water partition coefficient (Wildman–Crippen LogP) is 5.77. The molecule has 5 rings (SSSR count). The van der Waals surface area contributed by atoms with Gasteiger partial charge >= 0.3 is 12.1 Å². The van der Waals surface area contributed by atoms with Crippen LogP contribution in [0.15, 0.2) is 24.5 Å². The third-order valence-corrected chi connectivity index (χ3v) is 10.0. The monoisotopic (exact) mass is 582 g/mol. The number of fused-ring (bicyclic) bond motifs is 1. The van der Waals surface area contributed by atoms with Crippen LogP contribution in [0.5, 0.6) is 0 Å². The third-order valence-electron chi connectivity index (χ3n) is 9.73. The first-order valence-electron chi connectivity index (χ1n) is 13.6. The van der Waals surface area contributed by atoms with Crippen molar-refractivity contribution in [2.24, 2.45) is 22.7 Å². The van der Waals surface area contributed by atoms with Gasteiger partial charge in [-0.3, -0.25) is 19.3 Å². The largest absolute Gasteiger partial charge is 0.481 e. The van der Waals surface area contributed by atoms with Crippen LogP contribution >= 0.6 is 11.6 Å². The van der Waals surface area contributed by atoms with Crippen LogP contribution < -0.4 is 0 Å². The summed E-state index contributed by atoms with van der Waals surface area (Å²) in [5.41, 5.74) is -2.43. The summed E-state index contributed by atoms with van der Waals surface area (Å²) in [5, 5.41) is 24.8. The van der Waals surface area contributed by atoms with Crippen LogP contribution in [0.4, 0.5) is 13.2 Å². The highest BCUT2D eigenvalue weighted by Gasteiger charge is 2.63. The van der Waals surface area contributed by atoms with Crippen molar-refractivity contribution < 1.29 is 33.0 Å². The topological polar surface area (TPSA) is 109 Å². The average Bonchev–Trinajstić information content (AvgIpc) is 3.31. The van der Waals surface area contributed by atoms with E-state index in [4.69, 9.17) is 11.6 Å². The number of aliphatic hydroxyl groups is 1. The Labute approximate surface area is 235 Å². The number of rotatable bonds is 7. The number of carboxylic acids is 1. The molecule has 2 aromatic rings. The van der Waals surface area contributed by atoms with Gasteiger partial charge in [0.15, 0.2) is 5.69 Å². The molecule has 3 fully saturated rings. The Kier molecular flexibility index (Phi) is 7.22. The number of hydrogen-bond acceptors (Lipinski definition) is 5. The molecule has 1 unspecified atom stereocenters. The minimum atomic E-state index is -4.87. The van der Waals surface area contributed by atoms with Crippen molar-refractivity contribution in [3.05, 3.63) is 46.5 Å². The van der Waals surface area contributed by atoms with Crippen LogP contribution in [-0.2, 0) is 11.0 Å². The molecule has 0 radical (unpaired) electrons. The molecule has 0 aromatic carbocycles. The van der Waals surface area contributed by atoms with Crippen LogP contribution in [-0.4, -0.2) is 54.3 Å². The zero-order valence-electron chi connectivity index (χ0n) is 22.7. The molecule has 8 nitrogen and oxygen atoms in total. The summed E-state index contributed by atoms with van der Waals surface area (Å²) in [6, 6.07) is 2.13. The van der Waals surface area contributed by atoms with Crippen molar-refractivity contribution in [2.75, 3.05) is 6.54 Å². The number of amides is 1. The van der Waals surface area contributed by atoms with Crippen LogP contribution in [0.1, 0.15) is 93.2 Å². The predicted molar refractivity (Wildman–Crippen MR) is 140 cm³/mol. The molecule has 2 aromatic heterocycles. The molecule has 218 valence electrons. The maximum absolute atomic E-state index is 14.5. The summed E-state index contributed by atoms with van der Waals surface area (Å²) in [6.45, 7) is 5.64. The number of aromatic nitrogens is 3. The minimum Gasteiger partial charge on any atom is -0.481 e. The first kappa shape index (κ1) is 28.9. The molecule has 12 heteroatoms. The number of nitrogens with zero attached hydrogens (tertiary/aromatic N) is 4. The molecule has 2 N–H and O–H groups in total. The molecule has 0 bridgehead atoms. The first-order valence-corrected chi connectivity index (χ1v) is 14.0. The molecule has 40 heavy (non-hydrogen) atoms. The number of halogens is 4. The van der Waals surface area contributed by atoms with Crippen molar-refractivity contribution >= 4 is 23.5 Å². The lowest BCUT2D eigenvalue weighted by molar-refractivity contribution is -0.152. The number of aliphatic carboxylic acids is 1. The lowest BCUT2D eigenvalue weighted by atomic mass is 9.74. The minimum absolute atomic E-state index is 0.127. The smallest absolute Gasteiger partial charge is 0.433 e. The lowest BCUT2D eigenvalue weighted by Crippen LogP contribution is -2.43. The highest BCUT2D eigenvalue weighted by molar-refractivity contribution is 6.31. The Morgan fingerprint density at radius 2 is 1.82 bits per heavy atom. The molecule has 2 heterocycles. The van der Waals surface area contributed by atoms with Crippen molar-refractivity contribution in [3.63, 3.8) is 0 Å². The Hall–Kier alpha value is -2.66. The van der Waals surface area contributed by atoms with Crippen molar-refractivity contribution in [1.29, 1.82) is 0 Å². The van der Waals surface area contributed by atoms with E-state index in [1.807, 2.05) is 0 Å². The van der Waals surface area contributed by atoms with Crippen molar-refractivity contribution in [1.82, 2.24) is 19.7 Å². The van der Waals surface area contributed by atoms with Gasteiger partial charge < -0.3 is 15.1 Å². The molecule has 3 aliphatic rings. The van der Waals surface area contributed by atoms with E-state index in [9.17, 15) is 33.0 Å². The molecule has 3 aliphatic carbocycles. The van der Waals surface area contributed by atoms with Gasteiger partial charge in [-0.1, -0.05) is 25.4 Å². The maximum atomic E-state index is 14.5. The second-order valence-corrected chi connectivity index (χ2v) is 12.9. The van der Waals surface area contributed by atoms with Crippen LogP contribution in [0.2, 0.25) is 5.02 Å². The fourth-order valence-corrected chi connectivity index (χ4v) is 7.22. The number of alkyl halides is 3. The Bertz CT molecular complexity index is 1290. The SMILES string of the molecule is CC1(C(=O)O)CCC(n2ncc(C(=O)N(C[C@@H](O)c3ncccc3Cl)C3C[C@@H]4[C@H](C3)C4(C)C)c2C(F)(F)F)CC1. The van der Waals surface area contributed by atoms with Gasteiger partial charge in [0.25, 0.3) is 5.91 Å². The van der Waals surface area contributed by atoms with E-state index in [0.717, 1.165) is 10.9 Å². The van der Waals surface area contributed by atoms with Gasteiger partial charge in [-0.05, 0) is 74.8 Å². The fourth-order valence-electron chi connectivity index (χ4n) is 6.98. The normalized spacial score (nSPS) is 30.0. The van der Waals surface area contributed by atoms with Gasteiger partial charge in [-0.15, -0.1) is 0 Å². The van der Waals surface area contributed by atoms with E-state index < -0.39 is 46.9 Å². The number of carboxylic acid groups (broad SMARTS) is 1. The van der Waals surface area contributed by atoms with Gasteiger partial charge in [-0.25, -0.2) is 0 Å². The number of hydrogen-bond donors (Lipinski definition) is 2. The summed E-state index contributed by atoms with van der Waals surface area (Å²) in [6.07, 6.45) is -1.67. The highest BCUT2D eigenvalue weighted by atomic mass is 35.5. The maximum Gasteiger partial charge on any atom is 0.433 e. The fraction of sp³-hybridized carbons (Fsp3) is 0.643. The second-order valence-electron chi connectivity index (χ2n) is 12.4. The van der Waals surface area contributed by atoms with Gasteiger partial charge in [0, 0.05) is 12.2 Å². The number of pyridine rings is 1. The van der Waals surface area contributed by atoms with E-state index in [-0.39, 0.29) is 54.4 Å². The molecular formula is C28H34ClF3N4O4. The molecule has 0 spiro atoms. The zero-order chi connectivity index (χ0) is 29.2. The van der Waals surface area contributed by atoms with Crippen LogP contribution in [0.3, 0.4) is 0 Å².